The second-order valence-electron chi connectivity index (χ2n) is 10.8. The summed E-state index contributed by atoms with van der Waals surface area (Å²) in [7, 11) is 0. The molecule has 11 heteroatoms. The van der Waals surface area contributed by atoms with Gasteiger partial charge in [0.15, 0.2) is 0 Å². The van der Waals surface area contributed by atoms with E-state index in [4.69, 9.17) is 5.73 Å². The van der Waals surface area contributed by atoms with Crippen molar-refractivity contribution in [1.29, 1.82) is 0 Å². The predicted octanol–water partition coefficient (Wildman–Crippen LogP) is 1.54. The maximum atomic E-state index is 13.7. The quantitative estimate of drug-likeness (QED) is 0.264. The van der Waals surface area contributed by atoms with Crippen LogP contribution in [0.25, 0.3) is 10.9 Å². The first-order valence-corrected chi connectivity index (χ1v) is 14.0. The van der Waals surface area contributed by atoms with E-state index < -0.39 is 36.0 Å². The second kappa shape index (κ2) is 12.0. The number of aromatic hydroxyl groups is 1. The number of rotatable bonds is 9. The summed E-state index contributed by atoms with van der Waals surface area (Å²) in [6, 6.07) is 10.3. The minimum Gasteiger partial charge on any atom is -0.508 e. The smallest absolute Gasteiger partial charge is 0.326 e. The maximum Gasteiger partial charge on any atom is 0.326 e. The normalized spacial score (nSPS) is 20.2. The number of benzene rings is 2. The van der Waals surface area contributed by atoms with E-state index in [1.807, 2.05) is 30.5 Å². The first-order valence-electron chi connectivity index (χ1n) is 14.0. The molecule has 0 aliphatic carbocycles. The van der Waals surface area contributed by atoms with E-state index in [1.165, 1.54) is 17.0 Å². The van der Waals surface area contributed by atoms with E-state index in [0.717, 1.165) is 16.5 Å². The van der Waals surface area contributed by atoms with Crippen LogP contribution in [0.2, 0.25) is 0 Å². The van der Waals surface area contributed by atoms with Crippen molar-refractivity contribution in [2.24, 2.45) is 5.73 Å². The van der Waals surface area contributed by atoms with Gasteiger partial charge in [0.25, 0.3) is 0 Å². The van der Waals surface area contributed by atoms with Gasteiger partial charge >= 0.3 is 5.97 Å². The summed E-state index contributed by atoms with van der Waals surface area (Å²) in [5.41, 5.74) is 8.89. The van der Waals surface area contributed by atoms with Crippen molar-refractivity contribution >= 4 is 34.6 Å². The Morgan fingerprint density at radius 1 is 0.951 bits per heavy atom. The fourth-order valence-electron chi connectivity index (χ4n) is 5.96. The standard InChI is InChI=1S/C30H35N5O6/c31-22(16-19-17-32-23-6-2-1-5-21(19)23)28(38)35-14-4-8-26(35)29(39)34-13-3-7-25(34)27(37)33-24(30(40)41)15-18-9-11-20(36)12-10-18/h1-2,5-6,9-12,17,22,24-26,32,36H,3-4,7-8,13-16,31H2,(H,33,37)(H,40,41)/t22-,24-,25-,26-/m0/s1. The second-order valence-corrected chi connectivity index (χ2v) is 10.8. The molecule has 0 saturated carbocycles. The third kappa shape index (κ3) is 6.04. The number of para-hydroxylation sites is 1. The third-order valence-corrected chi connectivity index (χ3v) is 8.08. The number of aromatic nitrogens is 1. The van der Waals surface area contributed by atoms with Crippen LogP contribution in [0.1, 0.15) is 36.8 Å². The average Bonchev–Trinajstić information content (AvgIpc) is 3.73. The number of nitrogens with zero attached hydrogens (tertiary/aromatic N) is 2. The van der Waals surface area contributed by atoms with E-state index in [0.29, 0.717) is 50.8 Å². The highest BCUT2D eigenvalue weighted by Gasteiger charge is 2.43. The summed E-state index contributed by atoms with van der Waals surface area (Å²) in [5.74, 6) is -2.28. The number of nitrogens with two attached hydrogens (primary N) is 1. The highest BCUT2D eigenvalue weighted by atomic mass is 16.4. The molecule has 0 radical (unpaired) electrons. The van der Waals surface area contributed by atoms with Crippen LogP contribution in [0.3, 0.4) is 0 Å². The summed E-state index contributed by atoms with van der Waals surface area (Å²) in [5, 5.41) is 22.8. The largest absolute Gasteiger partial charge is 0.508 e. The number of likely N-dealkylation sites (tertiary alicyclic amines) is 2. The Morgan fingerprint density at radius 3 is 2.37 bits per heavy atom. The number of H-pyrrole nitrogens is 1. The van der Waals surface area contributed by atoms with E-state index in [-0.39, 0.29) is 24.0 Å². The lowest BCUT2D eigenvalue weighted by molar-refractivity contribution is -0.148. The van der Waals surface area contributed by atoms with Crippen LogP contribution in [0, 0.1) is 0 Å². The van der Waals surface area contributed by atoms with Crippen LogP contribution in [-0.2, 0) is 32.0 Å². The lowest BCUT2D eigenvalue weighted by Gasteiger charge is -2.32. The highest BCUT2D eigenvalue weighted by Crippen LogP contribution is 2.27. The summed E-state index contributed by atoms with van der Waals surface area (Å²) >= 11 is 0. The van der Waals surface area contributed by atoms with Gasteiger partial charge in [-0.15, -0.1) is 0 Å². The van der Waals surface area contributed by atoms with Crippen LogP contribution in [0.5, 0.6) is 5.75 Å². The number of amides is 3. The Kier molecular flexibility index (Phi) is 8.25. The molecule has 3 heterocycles. The molecule has 0 bridgehead atoms. The molecular formula is C30H35N5O6. The van der Waals surface area contributed by atoms with Crippen LogP contribution in [-0.4, -0.2) is 85.9 Å². The molecule has 3 aromatic rings. The molecule has 2 saturated heterocycles. The number of carbonyl (C=O) groups is 4. The van der Waals surface area contributed by atoms with Crippen molar-refractivity contribution in [3.8, 4) is 5.75 Å². The van der Waals surface area contributed by atoms with Gasteiger partial charge in [-0.2, -0.15) is 0 Å². The van der Waals surface area contributed by atoms with Gasteiger partial charge in [0.2, 0.25) is 17.7 Å². The molecule has 1 aromatic heterocycles. The van der Waals surface area contributed by atoms with E-state index in [1.54, 1.807) is 17.0 Å². The number of hydrogen-bond acceptors (Lipinski definition) is 6. The molecule has 11 nitrogen and oxygen atoms in total. The lowest BCUT2D eigenvalue weighted by Crippen LogP contribution is -2.56. The number of carboxylic acid groups (broad SMARTS) is 1. The zero-order chi connectivity index (χ0) is 29.1. The Balaban J connectivity index is 1.24. The molecule has 2 aliphatic rings. The first-order chi connectivity index (χ1) is 19.7. The van der Waals surface area contributed by atoms with Gasteiger partial charge in [-0.1, -0.05) is 30.3 Å². The van der Waals surface area contributed by atoms with E-state index in [9.17, 15) is 29.4 Å². The van der Waals surface area contributed by atoms with Gasteiger partial charge in [-0.05, 0) is 61.4 Å². The van der Waals surface area contributed by atoms with Crippen LogP contribution in [0.15, 0.2) is 54.7 Å². The molecule has 6 N–H and O–H groups in total. The number of carbonyl (C=O) groups excluding carboxylic acids is 3. The number of aromatic amines is 1. The van der Waals surface area contributed by atoms with E-state index in [2.05, 4.69) is 10.3 Å². The Bertz CT molecular complexity index is 1440. The number of fused-ring (bicyclic) bond motifs is 1. The SMILES string of the molecule is N[C@@H](Cc1c[nH]c2ccccc12)C(=O)N1CCC[C@H]1C(=O)N1CCC[C@H]1C(=O)N[C@@H](Cc1ccc(O)cc1)C(=O)O. The topological polar surface area (TPSA) is 169 Å². The molecule has 41 heavy (non-hydrogen) atoms. The van der Waals surface area contributed by atoms with Crippen LogP contribution in [0.4, 0.5) is 0 Å². The van der Waals surface area contributed by atoms with Crippen LogP contribution >= 0.6 is 0 Å². The minimum atomic E-state index is -1.20. The van der Waals surface area contributed by atoms with Gasteiger partial charge in [-0.25, -0.2) is 4.79 Å². The molecular weight excluding hydrogens is 526 g/mol. The first kappa shape index (κ1) is 28.2. The van der Waals surface area contributed by atoms with E-state index >= 15 is 0 Å². The van der Waals surface area contributed by atoms with Gasteiger partial charge < -0.3 is 36.0 Å². The fourth-order valence-corrected chi connectivity index (χ4v) is 5.96. The summed E-state index contributed by atoms with van der Waals surface area (Å²) < 4.78 is 0. The average molecular weight is 562 g/mol. The summed E-state index contributed by atoms with van der Waals surface area (Å²) in [6.45, 7) is 0.766. The number of nitrogens with one attached hydrogen (secondary N) is 2. The monoisotopic (exact) mass is 561 g/mol. The zero-order valence-corrected chi connectivity index (χ0v) is 22.7. The van der Waals surface area contributed by atoms with Crippen LogP contribution < -0.4 is 11.1 Å². The van der Waals surface area contributed by atoms with Crippen molar-refractivity contribution in [2.45, 2.75) is 62.7 Å². The van der Waals surface area contributed by atoms with Gasteiger partial charge in [-0.3, -0.25) is 14.4 Å². The van der Waals surface area contributed by atoms with Gasteiger partial charge in [0, 0.05) is 36.6 Å². The van der Waals surface area contributed by atoms with Crippen molar-refractivity contribution in [3.63, 3.8) is 0 Å². The maximum absolute atomic E-state index is 13.7. The molecule has 216 valence electrons. The number of aliphatic carboxylic acids is 1. The van der Waals surface area contributed by atoms with Crippen molar-refractivity contribution in [2.75, 3.05) is 13.1 Å². The molecule has 2 fully saturated rings. The molecule has 5 rings (SSSR count). The Hall–Kier alpha value is -4.38. The molecule has 0 spiro atoms. The van der Waals surface area contributed by atoms with Crippen molar-refractivity contribution in [3.05, 3.63) is 65.9 Å². The number of carboxylic acids is 1. The third-order valence-electron chi connectivity index (χ3n) is 8.08. The molecule has 2 aromatic carbocycles. The molecule has 3 amide bonds. The lowest BCUT2D eigenvalue weighted by atomic mass is 10.0. The highest BCUT2D eigenvalue weighted by molar-refractivity contribution is 5.95. The van der Waals surface area contributed by atoms with Crippen molar-refractivity contribution in [1.82, 2.24) is 20.1 Å². The Morgan fingerprint density at radius 2 is 1.63 bits per heavy atom. The minimum absolute atomic E-state index is 0.0290. The number of hydrogen-bond donors (Lipinski definition) is 5. The molecule has 0 unspecified atom stereocenters. The number of phenolic OH excluding ortho intramolecular Hbond substituents is 1. The molecule has 2 aliphatic heterocycles. The number of phenols is 1. The van der Waals surface area contributed by atoms with Gasteiger partial charge in [0.1, 0.15) is 23.9 Å². The fraction of sp³-hybridized carbons (Fsp3) is 0.400. The zero-order valence-electron chi connectivity index (χ0n) is 22.7. The summed E-state index contributed by atoms with van der Waals surface area (Å²) in [6.07, 6.45) is 4.34. The Labute approximate surface area is 237 Å². The van der Waals surface area contributed by atoms with Gasteiger partial charge in [0.05, 0.1) is 6.04 Å². The predicted molar refractivity (Wildman–Crippen MR) is 151 cm³/mol. The summed E-state index contributed by atoms with van der Waals surface area (Å²) in [4.78, 5) is 58.5. The molecule has 4 atom stereocenters. The van der Waals surface area contributed by atoms with Crippen molar-refractivity contribution < 1.29 is 29.4 Å².